The number of rotatable bonds is 8. The van der Waals surface area contributed by atoms with E-state index in [1.54, 1.807) is 30.5 Å². The van der Waals surface area contributed by atoms with Gasteiger partial charge in [-0.2, -0.15) is 5.10 Å². The number of benzene rings is 3. The average molecular weight is 647 g/mol. The Morgan fingerprint density at radius 2 is 1.67 bits per heavy atom. The molecule has 0 aromatic heterocycles. The van der Waals surface area contributed by atoms with Gasteiger partial charge >= 0.3 is 0 Å². The van der Waals surface area contributed by atoms with Crippen LogP contribution in [0, 0.1) is 7.14 Å². The number of hydrazone groups is 1. The molecule has 0 heterocycles. The summed E-state index contributed by atoms with van der Waals surface area (Å²) in [5.74, 6) is 1.04. The van der Waals surface area contributed by atoms with E-state index in [2.05, 4.69) is 55.7 Å². The minimum absolute atomic E-state index is 0.139. The van der Waals surface area contributed by atoms with Crippen LogP contribution in [-0.2, 0) is 11.4 Å². The SMILES string of the molecule is O=C(COc1ccc(Cl)cc1)N/N=C\c1cc(I)c(OCc2ccccc2)c(I)c1. The molecule has 154 valence electrons. The van der Waals surface area contributed by atoms with E-state index in [1.165, 1.54) is 0 Å². The zero-order chi connectivity index (χ0) is 21.3. The Balaban J connectivity index is 1.52. The molecule has 0 spiro atoms. The Morgan fingerprint density at radius 3 is 2.33 bits per heavy atom. The van der Waals surface area contributed by atoms with Crippen LogP contribution in [0.25, 0.3) is 0 Å². The minimum Gasteiger partial charge on any atom is -0.487 e. The van der Waals surface area contributed by atoms with Crippen LogP contribution in [0.2, 0.25) is 5.02 Å². The molecule has 5 nitrogen and oxygen atoms in total. The van der Waals surface area contributed by atoms with Gasteiger partial charge in [0.2, 0.25) is 0 Å². The summed E-state index contributed by atoms with van der Waals surface area (Å²) in [6.45, 7) is 0.365. The number of halogens is 3. The number of amides is 1. The van der Waals surface area contributed by atoms with Crippen LogP contribution >= 0.6 is 56.8 Å². The van der Waals surface area contributed by atoms with Crippen LogP contribution in [0.5, 0.6) is 11.5 Å². The van der Waals surface area contributed by atoms with Crippen molar-refractivity contribution in [1.29, 1.82) is 0 Å². The largest absolute Gasteiger partial charge is 0.487 e. The Hall–Kier alpha value is -1.85. The number of nitrogens with one attached hydrogen (secondary N) is 1. The van der Waals surface area contributed by atoms with Crippen molar-refractivity contribution >= 4 is 68.9 Å². The molecule has 0 aliphatic heterocycles. The predicted octanol–water partition coefficient (Wildman–Crippen LogP) is 5.66. The number of ether oxygens (including phenoxy) is 2. The molecule has 0 bridgehead atoms. The third-order valence-corrected chi connectivity index (χ3v) is 5.69. The van der Waals surface area contributed by atoms with Crippen molar-refractivity contribution in [2.24, 2.45) is 5.10 Å². The number of carbonyl (C=O) groups is 1. The fraction of sp³-hybridized carbons (Fsp3) is 0.0909. The molecular weight excluding hydrogens is 630 g/mol. The van der Waals surface area contributed by atoms with E-state index in [-0.39, 0.29) is 12.5 Å². The molecule has 0 aliphatic rings. The van der Waals surface area contributed by atoms with Crippen LogP contribution in [-0.4, -0.2) is 18.7 Å². The maximum absolute atomic E-state index is 11.9. The van der Waals surface area contributed by atoms with Gasteiger partial charge in [-0.05, 0) is 92.7 Å². The van der Waals surface area contributed by atoms with Crippen molar-refractivity contribution in [3.8, 4) is 11.5 Å². The highest BCUT2D eigenvalue weighted by Gasteiger charge is 2.09. The lowest BCUT2D eigenvalue weighted by Crippen LogP contribution is -2.24. The molecule has 3 aromatic rings. The maximum atomic E-state index is 11.9. The van der Waals surface area contributed by atoms with Crippen LogP contribution in [0.15, 0.2) is 71.8 Å². The molecule has 0 atom stereocenters. The minimum atomic E-state index is -0.353. The Morgan fingerprint density at radius 1 is 1.00 bits per heavy atom. The van der Waals surface area contributed by atoms with Gasteiger partial charge in [-0.25, -0.2) is 5.43 Å². The summed E-state index contributed by atoms with van der Waals surface area (Å²) in [6, 6.07) is 20.7. The van der Waals surface area contributed by atoms with E-state index >= 15 is 0 Å². The van der Waals surface area contributed by atoms with Gasteiger partial charge in [-0.1, -0.05) is 41.9 Å². The Bertz CT molecular complexity index is 1010. The first kappa shape index (κ1) is 22.8. The fourth-order valence-electron chi connectivity index (χ4n) is 2.41. The first-order chi connectivity index (χ1) is 14.5. The number of nitrogens with zero attached hydrogens (tertiary/aromatic N) is 1. The second-order valence-electron chi connectivity index (χ2n) is 6.12. The van der Waals surface area contributed by atoms with Crippen molar-refractivity contribution in [1.82, 2.24) is 5.43 Å². The molecule has 0 radical (unpaired) electrons. The van der Waals surface area contributed by atoms with E-state index in [0.717, 1.165) is 24.0 Å². The summed E-state index contributed by atoms with van der Waals surface area (Å²) >= 11 is 10.3. The summed E-state index contributed by atoms with van der Waals surface area (Å²) in [5, 5.41) is 4.61. The fourth-order valence-corrected chi connectivity index (χ4v) is 4.67. The third kappa shape index (κ3) is 7.13. The molecule has 0 unspecified atom stereocenters. The van der Waals surface area contributed by atoms with Gasteiger partial charge in [0.05, 0.1) is 13.4 Å². The quantitative estimate of drug-likeness (QED) is 0.195. The molecule has 1 N–H and O–H groups in total. The Labute approximate surface area is 207 Å². The molecule has 3 rings (SSSR count). The molecular formula is C22H17ClI2N2O3. The van der Waals surface area contributed by atoms with E-state index in [4.69, 9.17) is 21.1 Å². The van der Waals surface area contributed by atoms with E-state index in [9.17, 15) is 4.79 Å². The topological polar surface area (TPSA) is 59.9 Å². The monoisotopic (exact) mass is 646 g/mol. The molecule has 1 amide bonds. The predicted molar refractivity (Wildman–Crippen MR) is 135 cm³/mol. The van der Waals surface area contributed by atoms with Crippen molar-refractivity contribution in [3.63, 3.8) is 0 Å². The standard InChI is InChI=1S/C22H17ClI2N2O3/c23-17-6-8-18(9-7-17)29-14-21(28)27-26-12-16-10-19(24)22(20(25)11-16)30-13-15-4-2-1-3-5-15/h1-12H,13-14H2,(H,27,28)/b26-12-. The molecule has 8 heteroatoms. The van der Waals surface area contributed by atoms with Gasteiger partial charge in [0, 0.05) is 5.02 Å². The summed E-state index contributed by atoms with van der Waals surface area (Å²) in [6.07, 6.45) is 1.59. The second-order valence-corrected chi connectivity index (χ2v) is 8.88. The lowest BCUT2D eigenvalue weighted by Gasteiger charge is -2.11. The van der Waals surface area contributed by atoms with Gasteiger partial charge in [0.15, 0.2) is 6.61 Å². The van der Waals surface area contributed by atoms with Crippen LogP contribution in [0.1, 0.15) is 11.1 Å². The highest BCUT2D eigenvalue weighted by molar-refractivity contribution is 14.1. The maximum Gasteiger partial charge on any atom is 0.277 e. The smallest absolute Gasteiger partial charge is 0.277 e. The Kier molecular flexibility index (Phi) is 8.76. The van der Waals surface area contributed by atoms with Crippen molar-refractivity contribution in [2.75, 3.05) is 6.61 Å². The molecule has 0 saturated carbocycles. The molecule has 0 fully saturated rings. The highest BCUT2D eigenvalue weighted by Crippen LogP contribution is 2.29. The first-order valence-electron chi connectivity index (χ1n) is 8.87. The van der Waals surface area contributed by atoms with Crippen LogP contribution in [0.3, 0.4) is 0 Å². The molecule has 30 heavy (non-hydrogen) atoms. The second kappa shape index (κ2) is 11.5. The summed E-state index contributed by atoms with van der Waals surface area (Å²) in [4.78, 5) is 11.9. The number of hydrogen-bond acceptors (Lipinski definition) is 4. The van der Waals surface area contributed by atoms with Crippen LogP contribution in [0.4, 0.5) is 0 Å². The lowest BCUT2D eigenvalue weighted by molar-refractivity contribution is -0.123. The van der Waals surface area contributed by atoms with Crippen molar-refractivity contribution in [2.45, 2.75) is 6.61 Å². The summed E-state index contributed by atoms with van der Waals surface area (Å²) < 4.78 is 13.3. The van der Waals surface area contributed by atoms with Crippen LogP contribution < -0.4 is 14.9 Å². The first-order valence-corrected chi connectivity index (χ1v) is 11.4. The zero-order valence-electron chi connectivity index (χ0n) is 15.6. The zero-order valence-corrected chi connectivity index (χ0v) is 20.7. The third-order valence-electron chi connectivity index (χ3n) is 3.83. The summed E-state index contributed by atoms with van der Waals surface area (Å²) in [7, 11) is 0. The van der Waals surface area contributed by atoms with Crippen molar-refractivity contribution < 1.29 is 14.3 Å². The van der Waals surface area contributed by atoms with E-state index in [0.29, 0.717) is 17.4 Å². The van der Waals surface area contributed by atoms with Gasteiger partial charge in [-0.15, -0.1) is 0 Å². The van der Waals surface area contributed by atoms with Gasteiger partial charge in [-0.3, -0.25) is 4.79 Å². The average Bonchev–Trinajstić information content (AvgIpc) is 2.73. The van der Waals surface area contributed by atoms with E-state index < -0.39 is 0 Å². The van der Waals surface area contributed by atoms with Crippen molar-refractivity contribution in [3.05, 3.63) is 90.0 Å². The number of carbonyl (C=O) groups excluding carboxylic acids is 1. The summed E-state index contributed by atoms with van der Waals surface area (Å²) in [5.41, 5.74) is 4.42. The molecule has 0 saturated heterocycles. The normalized spacial score (nSPS) is 10.8. The van der Waals surface area contributed by atoms with E-state index in [1.807, 2.05) is 42.5 Å². The van der Waals surface area contributed by atoms with Gasteiger partial charge in [0.25, 0.3) is 5.91 Å². The lowest BCUT2D eigenvalue weighted by atomic mass is 10.2. The highest BCUT2D eigenvalue weighted by atomic mass is 127. The van der Waals surface area contributed by atoms with Gasteiger partial charge in [0.1, 0.15) is 18.1 Å². The number of hydrogen-bond donors (Lipinski definition) is 1. The molecule has 3 aromatic carbocycles. The van der Waals surface area contributed by atoms with Gasteiger partial charge < -0.3 is 9.47 Å². The molecule has 0 aliphatic carbocycles.